The van der Waals surface area contributed by atoms with Crippen molar-refractivity contribution in [1.82, 2.24) is 10.2 Å². The number of para-hydroxylation sites is 1. The molecule has 1 aromatic carbocycles. The number of carbonyl (C=O) groups is 1. The molecule has 108 valence electrons. The zero-order valence-electron chi connectivity index (χ0n) is 12.1. The molecular weight excluding hydrogens is 250 g/mol. The highest BCUT2D eigenvalue weighted by Gasteiger charge is 2.35. The Morgan fingerprint density at radius 1 is 1.35 bits per heavy atom. The zero-order valence-corrected chi connectivity index (χ0v) is 12.1. The van der Waals surface area contributed by atoms with Gasteiger partial charge in [0.2, 0.25) is 5.91 Å². The van der Waals surface area contributed by atoms with Crippen LogP contribution in [-0.2, 0) is 11.2 Å². The Labute approximate surface area is 120 Å². The third-order valence-corrected chi connectivity index (χ3v) is 4.53. The number of hydrogen-bond donors (Lipinski definition) is 2. The second-order valence-corrected chi connectivity index (χ2v) is 5.79. The van der Waals surface area contributed by atoms with E-state index in [2.05, 4.69) is 21.6 Å². The Kier molecular flexibility index (Phi) is 4.03. The van der Waals surface area contributed by atoms with Gasteiger partial charge in [-0.1, -0.05) is 18.2 Å². The summed E-state index contributed by atoms with van der Waals surface area (Å²) in [6.07, 6.45) is 4.28. The lowest BCUT2D eigenvalue weighted by molar-refractivity contribution is -0.121. The number of fused-ring (bicyclic) bond motifs is 1. The van der Waals surface area contributed by atoms with Crippen molar-refractivity contribution in [3.8, 4) is 0 Å². The van der Waals surface area contributed by atoms with E-state index in [1.54, 1.807) is 0 Å². The molecule has 0 saturated carbocycles. The third kappa shape index (κ3) is 2.58. The van der Waals surface area contributed by atoms with Gasteiger partial charge in [0.15, 0.2) is 0 Å². The van der Waals surface area contributed by atoms with Crippen molar-refractivity contribution < 1.29 is 4.79 Å². The molecule has 0 aliphatic carbocycles. The van der Waals surface area contributed by atoms with Gasteiger partial charge in [0.1, 0.15) is 0 Å². The van der Waals surface area contributed by atoms with Crippen LogP contribution in [-0.4, -0.2) is 43.0 Å². The predicted molar refractivity (Wildman–Crippen MR) is 80.8 cm³/mol. The number of nitrogens with one attached hydrogen (secondary N) is 2. The van der Waals surface area contributed by atoms with Crippen molar-refractivity contribution >= 4 is 11.6 Å². The van der Waals surface area contributed by atoms with Crippen LogP contribution < -0.4 is 10.6 Å². The van der Waals surface area contributed by atoms with Crippen LogP contribution >= 0.6 is 0 Å². The van der Waals surface area contributed by atoms with Crippen LogP contribution in [0.3, 0.4) is 0 Å². The zero-order chi connectivity index (χ0) is 13.9. The molecule has 1 fully saturated rings. The summed E-state index contributed by atoms with van der Waals surface area (Å²) in [5.41, 5.74) is 2.25. The maximum Gasteiger partial charge on any atom is 0.241 e. The fraction of sp³-hybridized carbons (Fsp3) is 0.562. The van der Waals surface area contributed by atoms with Gasteiger partial charge in [-0.2, -0.15) is 0 Å². The van der Waals surface area contributed by atoms with Crippen LogP contribution in [0.2, 0.25) is 0 Å². The third-order valence-electron chi connectivity index (χ3n) is 4.53. The Balaban J connectivity index is 1.77. The maximum absolute atomic E-state index is 12.5. The average Bonchev–Trinajstić information content (AvgIpc) is 2.82. The Hall–Kier alpha value is -1.39. The molecule has 1 saturated heterocycles. The highest BCUT2D eigenvalue weighted by Crippen LogP contribution is 2.27. The van der Waals surface area contributed by atoms with Gasteiger partial charge in [-0.15, -0.1) is 0 Å². The number of likely N-dealkylation sites (tertiary alicyclic amines) is 1. The van der Waals surface area contributed by atoms with Gasteiger partial charge in [-0.05, 0) is 50.9 Å². The number of likely N-dealkylation sites (N-methyl/N-ethyl adjacent to an activating group) is 1. The molecular formula is C16H23N3O. The van der Waals surface area contributed by atoms with Crippen molar-refractivity contribution in [2.24, 2.45) is 0 Å². The van der Waals surface area contributed by atoms with Crippen LogP contribution in [0.25, 0.3) is 0 Å². The molecule has 2 atom stereocenters. The molecule has 2 aliphatic heterocycles. The molecule has 1 aromatic rings. The normalized spacial score (nSPS) is 26.9. The van der Waals surface area contributed by atoms with E-state index >= 15 is 0 Å². The average molecular weight is 273 g/mol. The van der Waals surface area contributed by atoms with E-state index in [0.29, 0.717) is 6.04 Å². The monoisotopic (exact) mass is 273 g/mol. The number of aryl methyl sites for hydroxylation is 1. The second-order valence-electron chi connectivity index (χ2n) is 5.79. The van der Waals surface area contributed by atoms with E-state index in [9.17, 15) is 4.79 Å². The first-order valence-corrected chi connectivity index (χ1v) is 7.58. The first-order chi connectivity index (χ1) is 9.79. The highest BCUT2D eigenvalue weighted by atomic mass is 16.2. The van der Waals surface area contributed by atoms with Crippen molar-refractivity contribution in [1.29, 1.82) is 0 Å². The Morgan fingerprint density at radius 2 is 2.20 bits per heavy atom. The number of benzene rings is 1. The number of amides is 1. The first-order valence-electron chi connectivity index (χ1n) is 7.58. The molecule has 4 heteroatoms. The lowest BCUT2D eigenvalue weighted by Gasteiger charge is -2.31. The summed E-state index contributed by atoms with van der Waals surface area (Å²) < 4.78 is 0. The van der Waals surface area contributed by atoms with Crippen molar-refractivity contribution in [3.05, 3.63) is 29.8 Å². The fourth-order valence-electron chi connectivity index (χ4n) is 3.54. The summed E-state index contributed by atoms with van der Waals surface area (Å²) >= 11 is 0. The molecule has 0 aromatic heterocycles. The van der Waals surface area contributed by atoms with E-state index in [1.807, 2.05) is 25.2 Å². The molecule has 0 radical (unpaired) electrons. The first kappa shape index (κ1) is 13.6. The van der Waals surface area contributed by atoms with Gasteiger partial charge in [0.25, 0.3) is 0 Å². The lowest BCUT2D eigenvalue weighted by Crippen LogP contribution is -2.48. The van der Waals surface area contributed by atoms with Gasteiger partial charge in [-0.25, -0.2) is 0 Å². The second kappa shape index (κ2) is 5.94. The Morgan fingerprint density at radius 3 is 3.05 bits per heavy atom. The topological polar surface area (TPSA) is 44.4 Å². The van der Waals surface area contributed by atoms with Crippen molar-refractivity contribution in [2.75, 3.05) is 25.5 Å². The number of rotatable bonds is 3. The minimum Gasteiger partial charge on any atom is -0.324 e. The molecule has 3 rings (SSSR count). The van der Waals surface area contributed by atoms with Gasteiger partial charge >= 0.3 is 0 Å². The molecule has 0 bridgehead atoms. The van der Waals surface area contributed by atoms with Gasteiger partial charge in [0, 0.05) is 18.3 Å². The van der Waals surface area contributed by atoms with E-state index in [-0.39, 0.29) is 11.9 Å². The molecule has 2 N–H and O–H groups in total. The number of nitrogens with zero attached hydrogens (tertiary/aromatic N) is 1. The maximum atomic E-state index is 12.5. The summed E-state index contributed by atoms with van der Waals surface area (Å²) in [6, 6.07) is 8.67. The summed E-state index contributed by atoms with van der Waals surface area (Å²) in [5, 5.41) is 6.36. The fourth-order valence-corrected chi connectivity index (χ4v) is 3.54. The summed E-state index contributed by atoms with van der Waals surface area (Å²) in [7, 11) is 1.99. The van der Waals surface area contributed by atoms with Crippen LogP contribution in [0.15, 0.2) is 24.3 Å². The molecule has 20 heavy (non-hydrogen) atoms. The largest absolute Gasteiger partial charge is 0.324 e. The number of anilines is 1. The van der Waals surface area contributed by atoms with Gasteiger partial charge in [-0.3, -0.25) is 9.69 Å². The van der Waals surface area contributed by atoms with Gasteiger partial charge in [0.05, 0.1) is 6.04 Å². The molecule has 2 aliphatic rings. The minimum atomic E-state index is 0.0169. The van der Waals surface area contributed by atoms with Crippen LogP contribution in [0.1, 0.15) is 24.8 Å². The SMILES string of the molecule is CNCC1CCCN1C1CCc2ccccc2NC1=O. The quantitative estimate of drug-likeness (QED) is 0.879. The van der Waals surface area contributed by atoms with Crippen LogP contribution in [0.5, 0.6) is 0 Å². The van der Waals surface area contributed by atoms with Crippen LogP contribution in [0, 0.1) is 0 Å². The number of hydrogen-bond acceptors (Lipinski definition) is 3. The van der Waals surface area contributed by atoms with E-state index in [0.717, 1.165) is 31.6 Å². The highest BCUT2D eigenvalue weighted by molar-refractivity contribution is 5.96. The van der Waals surface area contributed by atoms with Crippen molar-refractivity contribution in [2.45, 2.75) is 37.8 Å². The van der Waals surface area contributed by atoms with E-state index in [1.165, 1.54) is 18.4 Å². The minimum absolute atomic E-state index is 0.0169. The molecule has 1 amide bonds. The molecule has 2 heterocycles. The molecule has 0 spiro atoms. The lowest BCUT2D eigenvalue weighted by atomic mass is 10.0. The van der Waals surface area contributed by atoms with Crippen molar-refractivity contribution in [3.63, 3.8) is 0 Å². The molecule has 2 unspecified atom stereocenters. The summed E-state index contributed by atoms with van der Waals surface area (Å²) in [6.45, 7) is 2.01. The molecule has 4 nitrogen and oxygen atoms in total. The van der Waals surface area contributed by atoms with Gasteiger partial charge < -0.3 is 10.6 Å². The predicted octanol–water partition coefficient (Wildman–Crippen LogP) is 1.62. The van der Waals surface area contributed by atoms with E-state index < -0.39 is 0 Å². The summed E-state index contributed by atoms with van der Waals surface area (Å²) in [4.78, 5) is 14.9. The summed E-state index contributed by atoms with van der Waals surface area (Å²) in [5.74, 6) is 0.165. The smallest absolute Gasteiger partial charge is 0.241 e. The standard InChI is InChI=1S/C16H23N3O/c1-17-11-13-6-4-10-19(13)15-9-8-12-5-2-3-7-14(12)18-16(15)20/h2-3,5,7,13,15,17H,4,6,8-11H2,1H3,(H,18,20). The van der Waals surface area contributed by atoms with Crippen LogP contribution in [0.4, 0.5) is 5.69 Å². The Bertz CT molecular complexity index is 488. The van der Waals surface area contributed by atoms with E-state index in [4.69, 9.17) is 0 Å². The number of carbonyl (C=O) groups excluding carboxylic acids is 1.